The second-order valence-corrected chi connectivity index (χ2v) is 10.4. The van der Waals surface area contributed by atoms with Gasteiger partial charge in [0.15, 0.2) is 0 Å². The van der Waals surface area contributed by atoms with E-state index in [1.165, 1.54) is 4.90 Å². The van der Waals surface area contributed by atoms with Gasteiger partial charge in [0.2, 0.25) is 5.91 Å². The molecule has 1 aliphatic heterocycles. The molecule has 3 rings (SSSR count). The Balaban J connectivity index is 1.93. The molecular formula is C26H32N4O4. The molecule has 0 bridgehead atoms. The highest BCUT2D eigenvalue weighted by Gasteiger charge is 2.43. The first kappa shape index (κ1) is 25.0. The number of carboxylic acid groups (broad SMARTS) is 1. The van der Waals surface area contributed by atoms with Crippen molar-refractivity contribution in [3.05, 3.63) is 41.6 Å². The monoisotopic (exact) mass is 464 g/mol. The zero-order valence-corrected chi connectivity index (χ0v) is 20.6. The van der Waals surface area contributed by atoms with E-state index >= 15 is 0 Å². The fourth-order valence-electron chi connectivity index (χ4n) is 4.95. The predicted molar refractivity (Wildman–Crippen MR) is 130 cm³/mol. The van der Waals surface area contributed by atoms with Gasteiger partial charge in [-0.15, -0.1) is 0 Å². The zero-order chi connectivity index (χ0) is 25.3. The highest BCUT2D eigenvalue weighted by atomic mass is 16.5. The number of carbonyl (C=O) groups is 2. The van der Waals surface area contributed by atoms with E-state index in [2.05, 4.69) is 16.4 Å². The number of anilines is 1. The molecule has 0 fully saturated rings. The standard InChI is InChI=1S/C26H32N4O4/c1-16(2)13-26(6,30(24(32)33)25(3,4)5)15-34-21-8-7-17(11-18(21)14-27)19-9-10-28-23-20(19)12-22(31)29-23/h7-11,16H,12-13,15H2,1-6H3,(H,32,33)(H,28,29,31). The Bertz CT molecular complexity index is 1150. The minimum absolute atomic E-state index is 0.103. The second-order valence-electron chi connectivity index (χ2n) is 10.4. The Hall–Kier alpha value is -3.60. The molecule has 34 heavy (non-hydrogen) atoms. The third-order valence-electron chi connectivity index (χ3n) is 5.85. The van der Waals surface area contributed by atoms with E-state index < -0.39 is 17.2 Å². The summed E-state index contributed by atoms with van der Waals surface area (Å²) in [5.74, 6) is 1.06. The van der Waals surface area contributed by atoms with Crippen molar-refractivity contribution in [2.24, 2.45) is 5.92 Å². The number of rotatable bonds is 7. The van der Waals surface area contributed by atoms with Crippen LogP contribution >= 0.6 is 0 Å². The van der Waals surface area contributed by atoms with Crippen molar-refractivity contribution in [2.75, 3.05) is 11.9 Å². The van der Waals surface area contributed by atoms with Gasteiger partial charge in [0.1, 0.15) is 24.2 Å². The van der Waals surface area contributed by atoms with Gasteiger partial charge in [-0.2, -0.15) is 5.26 Å². The van der Waals surface area contributed by atoms with Crippen molar-refractivity contribution in [2.45, 2.75) is 65.5 Å². The number of nitrogens with zero attached hydrogens (tertiary/aromatic N) is 3. The Labute approximate surface area is 200 Å². The van der Waals surface area contributed by atoms with Gasteiger partial charge in [-0.25, -0.2) is 9.78 Å². The molecule has 1 aromatic carbocycles. The average Bonchev–Trinajstić information content (AvgIpc) is 3.10. The number of hydrogen-bond donors (Lipinski definition) is 2. The van der Waals surface area contributed by atoms with Gasteiger partial charge in [-0.3, -0.25) is 9.69 Å². The molecule has 0 saturated heterocycles. The molecule has 0 aliphatic carbocycles. The van der Waals surface area contributed by atoms with Crippen LogP contribution in [-0.4, -0.2) is 44.7 Å². The van der Waals surface area contributed by atoms with Crippen LogP contribution in [0, 0.1) is 17.2 Å². The minimum atomic E-state index is -1.01. The van der Waals surface area contributed by atoms with Crippen LogP contribution in [0.4, 0.5) is 10.6 Å². The molecule has 2 aromatic rings. The van der Waals surface area contributed by atoms with E-state index in [1.807, 2.05) is 53.7 Å². The molecule has 2 heterocycles. The highest BCUT2D eigenvalue weighted by molar-refractivity contribution is 6.00. The number of carbonyl (C=O) groups excluding carboxylic acids is 1. The first-order valence-electron chi connectivity index (χ1n) is 11.3. The lowest BCUT2D eigenvalue weighted by Gasteiger charge is -2.47. The molecule has 8 nitrogen and oxygen atoms in total. The summed E-state index contributed by atoms with van der Waals surface area (Å²) in [6.07, 6.45) is 1.45. The predicted octanol–water partition coefficient (Wildman–Crippen LogP) is 5.08. The van der Waals surface area contributed by atoms with Crippen LogP contribution in [0.25, 0.3) is 11.1 Å². The Kier molecular flexibility index (Phi) is 6.87. The summed E-state index contributed by atoms with van der Waals surface area (Å²) >= 11 is 0. The number of nitriles is 1. The van der Waals surface area contributed by atoms with Crippen LogP contribution in [0.15, 0.2) is 30.5 Å². The smallest absolute Gasteiger partial charge is 0.408 e. The number of aromatic nitrogens is 1. The van der Waals surface area contributed by atoms with E-state index in [0.717, 1.165) is 16.7 Å². The number of nitrogens with one attached hydrogen (secondary N) is 1. The van der Waals surface area contributed by atoms with E-state index in [1.54, 1.807) is 18.3 Å². The van der Waals surface area contributed by atoms with E-state index in [-0.39, 0.29) is 24.9 Å². The maximum absolute atomic E-state index is 12.2. The molecule has 1 aliphatic rings. The number of pyridine rings is 1. The molecule has 1 unspecified atom stereocenters. The summed E-state index contributed by atoms with van der Waals surface area (Å²) in [4.78, 5) is 29.7. The van der Waals surface area contributed by atoms with Crippen LogP contribution in [0.1, 0.15) is 59.1 Å². The van der Waals surface area contributed by atoms with Gasteiger partial charge in [-0.05, 0) is 69.4 Å². The third kappa shape index (κ3) is 5.14. The molecule has 1 atom stereocenters. The maximum atomic E-state index is 12.2. The normalized spacial score (nSPS) is 14.7. The Morgan fingerprint density at radius 3 is 2.59 bits per heavy atom. The largest absolute Gasteiger partial charge is 0.490 e. The number of ether oxygens (including phenoxy) is 1. The summed E-state index contributed by atoms with van der Waals surface area (Å²) < 4.78 is 6.11. The van der Waals surface area contributed by atoms with Gasteiger partial charge < -0.3 is 15.2 Å². The molecule has 180 valence electrons. The summed E-state index contributed by atoms with van der Waals surface area (Å²) in [6.45, 7) is 11.7. The molecule has 0 radical (unpaired) electrons. The van der Waals surface area contributed by atoms with E-state index in [9.17, 15) is 20.0 Å². The molecule has 2 amide bonds. The second kappa shape index (κ2) is 9.34. The van der Waals surface area contributed by atoms with Crippen LogP contribution in [-0.2, 0) is 11.2 Å². The fraction of sp³-hybridized carbons (Fsp3) is 0.462. The molecule has 0 saturated carbocycles. The van der Waals surface area contributed by atoms with Gasteiger partial charge in [0.25, 0.3) is 0 Å². The minimum Gasteiger partial charge on any atom is -0.490 e. The molecule has 0 spiro atoms. The summed E-state index contributed by atoms with van der Waals surface area (Å²) in [5.41, 5.74) is 1.32. The number of fused-ring (bicyclic) bond motifs is 1. The lowest BCUT2D eigenvalue weighted by Crippen LogP contribution is -2.61. The number of benzene rings is 1. The van der Waals surface area contributed by atoms with Crippen molar-refractivity contribution in [1.29, 1.82) is 5.26 Å². The van der Waals surface area contributed by atoms with Gasteiger partial charge in [0.05, 0.1) is 17.5 Å². The molecule has 1 aromatic heterocycles. The van der Waals surface area contributed by atoms with E-state index in [0.29, 0.717) is 23.6 Å². The van der Waals surface area contributed by atoms with E-state index in [4.69, 9.17) is 4.74 Å². The average molecular weight is 465 g/mol. The van der Waals surface area contributed by atoms with Gasteiger partial charge >= 0.3 is 6.09 Å². The fourth-order valence-corrected chi connectivity index (χ4v) is 4.95. The third-order valence-corrected chi connectivity index (χ3v) is 5.85. The SMILES string of the molecule is CC(C)CC(C)(COc1ccc(-c2ccnc3c2CC(=O)N3)cc1C#N)N(C(=O)O)C(C)(C)C. The van der Waals surface area contributed by atoms with Crippen molar-refractivity contribution in [3.63, 3.8) is 0 Å². The van der Waals surface area contributed by atoms with Gasteiger partial charge in [-0.1, -0.05) is 19.9 Å². The maximum Gasteiger partial charge on any atom is 0.408 e. The summed E-state index contributed by atoms with van der Waals surface area (Å²) in [7, 11) is 0. The first-order chi connectivity index (χ1) is 15.9. The lowest BCUT2D eigenvalue weighted by atomic mass is 9.86. The Morgan fingerprint density at radius 1 is 1.29 bits per heavy atom. The van der Waals surface area contributed by atoms with Crippen LogP contribution in [0.5, 0.6) is 5.75 Å². The lowest BCUT2D eigenvalue weighted by molar-refractivity contribution is -0.115. The summed E-state index contributed by atoms with van der Waals surface area (Å²) in [6, 6.07) is 9.31. The van der Waals surface area contributed by atoms with Crippen LogP contribution in [0.3, 0.4) is 0 Å². The highest BCUT2D eigenvalue weighted by Crippen LogP contribution is 2.36. The molecular weight excluding hydrogens is 432 g/mol. The quantitative estimate of drug-likeness (QED) is 0.591. The molecule has 2 N–H and O–H groups in total. The Morgan fingerprint density at radius 2 is 2.00 bits per heavy atom. The van der Waals surface area contributed by atoms with Crippen molar-refractivity contribution in [1.82, 2.24) is 9.88 Å². The number of amides is 2. The van der Waals surface area contributed by atoms with Crippen molar-refractivity contribution in [3.8, 4) is 22.9 Å². The number of hydrogen-bond acceptors (Lipinski definition) is 5. The van der Waals surface area contributed by atoms with Gasteiger partial charge in [0, 0.05) is 17.3 Å². The topological polar surface area (TPSA) is 116 Å². The van der Waals surface area contributed by atoms with Crippen LogP contribution < -0.4 is 10.1 Å². The first-order valence-corrected chi connectivity index (χ1v) is 11.3. The van der Waals surface area contributed by atoms with Crippen LogP contribution in [0.2, 0.25) is 0 Å². The summed E-state index contributed by atoms with van der Waals surface area (Å²) in [5, 5.41) is 22.5. The zero-order valence-electron chi connectivity index (χ0n) is 20.6. The molecule has 8 heteroatoms. The van der Waals surface area contributed by atoms with Crippen molar-refractivity contribution >= 4 is 17.8 Å². The van der Waals surface area contributed by atoms with Crippen molar-refractivity contribution < 1.29 is 19.4 Å².